The highest BCUT2D eigenvalue weighted by molar-refractivity contribution is 5.83. The molecule has 1 rings (SSSR count). The quantitative estimate of drug-likeness (QED) is 0.493. The van der Waals surface area contributed by atoms with Crippen molar-refractivity contribution in [1.82, 2.24) is 5.32 Å². The van der Waals surface area contributed by atoms with Crippen LogP contribution in [0.25, 0.3) is 0 Å². The van der Waals surface area contributed by atoms with E-state index < -0.39 is 0 Å². The molecule has 0 aliphatic carbocycles. The van der Waals surface area contributed by atoms with Gasteiger partial charge in [-0.2, -0.15) is 0 Å². The summed E-state index contributed by atoms with van der Waals surface area (Å²) in [7, 11) is 0. The molecule has 20 heavy (non-hydrogen) atoms. The molecule has 0 bridgehead atoms. The van der Waals surface area contributed by atoms with Gasteiger partial charge in [-0.05, 0) is 45.4 Å². The topological polar surface area (TPSA) is 70.9 Å². The van der Waals surface area contributed by atoms with Crippen molar-refractivity contribution in [3.63, 3.8) is 0 Å². The first-order valence-corrected chi connectivity index (χ1v) is 6.50. The van der Waals surface area contributed by atoms with E-state index in [0.717, 1.165) is 5.56 Å². The summed E-state index contributed by atoms with van der Waals surface area (Å²) < 4.78 is 5.41. The van der Waals surface area contributed by atoms with Crippen molar-refractivity contribution >= 4 is 11.6 Å². The second kappa shape index (κ2) is 6.93. The van der Waals surface area contributed by atoms with E-state index in [4.69, 9.17) is 9.94 Å². The predicted octanol–water partition coefficient (Wildman–Crippen LogP) is 2.37. The molecular formula is C15H22N2O3. The summed E-state index contributed by atoms with van der Waals surface area (Å²) in [5, 5.41) is 14.6. The molecule has 0 saturated heterocycles. The molecule has 0 radical (unpaired) electrons. The van der Waals surface area contributed by atoms with E-state index in [2.05, 4.69) is 10.5 Å². The highest BCUT2D eigenvalue weighted by atomic mass is 16.5. The van der Waals surface area contributed by atoms with Gasteiger partial charge in [0.05, 0.1) is 5.71 Å². The minimum atomic E-state index is -0.258. The lowest BCUT2D eigenvalue weighted by Crippen LogP contribution is -2.43. The summed E-state index contributed by atoms with van der Waals surface area (Å²) in [5.41, 5.74) is 1.40. The monoisotopic (exact) mass is 278 g/mol. The number of hydrogen-bond donors (Lipinski definition) is 2. The molecule has 0 aliphatic heterocycles. The molecule has 1 aromatic carbocycles. The largest absolute Gasteiger partial charge is 0.484 e. The number of hydrogen-bond acceptors (Lipinski definition) is 4. The highest BCUT2D eigenvalue weighted by Gasteiger charge is 2.13. The molecule has 0 unspecified atom stereocenters. The Bertz CT molecular complexity index is 473. The summed E-state index contributed by atoms with van der Waals surface area (Å²) in [6.07, 6.45) is 0.585. The molecule has 110 valence electrons. The third-order valence-electron chi connectivity index (χ3n) is 2.44. The first-order chi connectivity index (χ1) is 9.30. The number of nitrogens with zero attached hydrogens (tertiary/aromatic N) is 1. The molecule has 0 atom stereocenters. The molecule has 0 saturated carbocycles. The van der Waals surface area contributed by atoms with Gasteiger partial charge >= 0.3 is 0 Å². The van der Waals surface area contributed by atoms with E-state index in [0.29, 0.717) is 17.9 Å². The lowest BCUT2D eigenvalue weighted by molar-refractivity contribution is -0.124. The van der Waals surface area contributed by atoms with Crippen molar-refractivity contribution < 1.29 is 14.7 Å². The number of oxime groups is 1. The van der Waals surface area contributed by atoms with Gasteiger partial charge < -0.3 is 15.3 Å². The Labute approximate surface area is 119 Å². The van der Waals surface area contributed by atoms with Crippen molar-refractivity contribution in [2.45, 2.75) is 39.7 Å². The zero-order valence-electron chi connectivity index (χ0n) is 12.4. The van der Waals surface area contributed by atoms with Gasteiger partial charge in [0, 0.05) is 12.0 Å². The molecule has 1 aromatic rings. The number of rotatable bonds is 5. The number of carbonyl (C=O) groups is 1. The molecule has 0 fully saturated rings. The van der Waals surface area contributed by atoms with Crippen LogP contribution in [0, 0.1) is 0 Å². The smallest absolute Gasteiger partial charge is 0.258 e. The molecular weight excluding hydrogens is 256 g/mol. The first kappa shape index (κ1) is 16.0. The Kier molecular flexibility index (Phi) is 5.55. The third-order valence-corrected chi connectivity index (χ3v) is 2.44. The molecule has 0 aliphatic rings. The summed E-state index contributed by atoms with van der Waals surface area (Å²) in [4.78, 5) is 11.6. The number of ether oxygens (including phenoxy) is 1. The summed E-state index contributed by atoms with van der Waals surface area (Å²) in [5.74, 6) is 0.487. The van der Waals surface area contributed by atoms with Gasteiger partial charge in [0.25, 0.3) is 5.91 Å². The normalized spacial score (nSPS) is 12.1. The lowest BCUT2D eigenvalue weighted by Gasteiger charge is -2.20. The van der Waals surface area contributed by atoms with Gasteiger partial charge in [-0.1, -0.05) is 17.3 Å². The van der Waals surface area contributed by atoms with Crippen LogP contribution in [0.15, 0.2) is 29.4 Å². The number of carbonyl (C=O) groups excluding carboxylic acids is 1. The number of amides is 1. The highest BCUT2D eigenvalue weighted by Crippen LogP contribution is 2.13. The second-order valence-electron chi connectivity index (χ2n) is 5.74. The standard InChI is InChI=1S/C15H22N2O3/c1-11(17-19)9-12-5-7-13(8-6-12)20-10-14(18)16-15(2,3)4/h5-8,19H,9-10H2,1-4H3,(H,16,18)/b17-11-. The Balaban J connectivity index is 2.48. The fourth-order valence-electron chi connectivity index (χ4n) is 1.64. The van der Waals surface area contributed by atoms with Crippen LogP contribution in [-0.2, 0) is 11.2 Å². The first-order valence-electron chi connectivity index (χ1n) is 6.50. The Morgan fingerprint density at radius 1 is 1.30 bits per heavy atom. The molecule has 2 N–H and O–H groups in total. The van der Waals surface area contributed by atoms with Gasteiger partial charge in [-0.15, -0.1) is 0 Å². The van der Waals surface area contributed by atoms with Gasteiger partial charge in [0.2, 0.25) is 0 Å². The van der Waals surface area contributed by atoms with Crippen LogP contribution in [0.5, 0.6) is 5.75 Å². The molecule has 5 heteroatoms. The minimum absolute atomic E-state index is 0.00621. The van der Waals surface area contributed by atoms with Crippen LogP contribution in [0.2, 0.25) is 0 Å². The Morgan fingerprint density at radius 3 is 2.40 bits per heavy atom. The second-order valence-corrected chi connectivity index (χ2v) is 5.74. The average Bonchev–Trinajstić information content (AvgIpc) is 2.36. The maximum absolute atomic E-state index is 11.6. The molecule has 5 nitrogen and oxygen atoms in total. The Morgan fingerprint density at radius 2 is 1.90 bits per heavy atom. The van der Waals surface area contributed by atoms with E-state index in [1.165, 1.54) is 0 Å². The van der Waals surface area contributed by atoms with E-state index >= 15 is 0 Å². The van der Waals surface area contributed by atoms with Crippen LogP contribution in [0.3, 0.4) is 0 Å². The van der Waals surface area contributed by atoms with Crippen LogP contribution in [-0.4, -0.2) is 29.0 Å². The van der Waals surface area contributed by atoms with Gasteiger partial charge in [0.15, 0.2) is 6.61 Å². The van der Waals surface area contributed by atoms with E-state index in [9.17, 15) is 4.79 Å². The molecule has 0 heterocycles. The van der Waals surface area contributed by atoms with Crippen LogP contribution in [0.1, 0.15) is 33.3 Å². The van der Waals surface area contributed by atoms with Crippen LogP contribution >= 0.6 is 0 Å². The fraction of sp³-hybridized carbons (Fsp3) is 0.467. The van der Waals surface area contributed by atoms with Crippen molar-refractivity contribution in [2.24, 2.45) is 5.16 Å². The van der Waals surface area contributed by atoms with Gasteiger partial charge in [-0.25, -0.2) is 0 Å². The summed E-state index contributed by atoms with van der Waals surface area (Å²) in [6.45, 7) is 7.51. The fourth-order valence-corrected chi connectivity index (χ4v) is 1.64. The van der Waals surface area contributed by atoms with Gasteiger partial charge in [-0.3, -0.25) is 4.79 Å². The number of nitrogens with one attached hydrogen (secondary N) is 1. The molecule has 1 amide bonds. The van der Waals surface area contributed by atoms with Crippen molar-refractivity contribution in [2.75, 3.05) is 6.61 Å². The molecule has 0 spiro atoms. The summed E-state index contributed by atoms with van der Waals surface area (Å²) in [6, 6.07) is 7.35. The SMILES string of the molecule is C/C(Cc1ccc(OCC(=O)NC(C)(C)C)cc1)=N/O. The van der Waals surface area contributed by atoms with Gasteiger partial charge in [0.1, 0.15) is 5.75 Å². The molecule has 0 aromatic heterocycles. The maximum Gasteiger partial charge on any atom is 0.258 e. The number of benzene rings is 1. The average molecular weight is 278 g/mol. The minimum Gasteiger partial charge on any atom is -0.484 e. The van der Waals surface area contributed by atoms with Crippen molar-refractivity contribution in [3.05, 3.63) is 29.8 Å². The third kappa shape index (κ3) is 6.22. The maximum atomic E-state index is 11.6. The van der Waals surface area contributed by atoms with Crippen LogP contribution < -0.4 is 10.1 Å². The van der Waals surface area contributed by atoms with Crippen LogP contribution in [0.4, 0.5) is 0 Å². The van der Waals surface area contributed by atoms with E-state index in [-0.39, 0.29) is 18.1 Å². The summed E-state index contributed by atoms with van der Waals surface area (Å²) >= 11 is 0. The zero-order chi connectivity index (χ0) is 15.2. The van der Waals surface area contributed by atoms with E-state index in [1.54, 1.807) is 19.1 Å². The Hall–Kier alpha value is -2.04. The predicted molar refractivity (Wildman–Crippen MR) is 78.4 cm³/mol. The van der Waals surface area contributed by atoms with Crippen molar-refractivity contribution in [3.8, 4) is 5.75 Å². The van der Waals surface area contributed by atoms with Crippen molar-refractivity contribution in [1.29, 1.82) is 0 Å². The van der Waals surface area contributed by atoms with E-state index in [1.807, 2.05) is 32.9 Å². The lowest BCUT2D eigenvalue weighted by atomic mass is 10.1. The zero-order valence-corrected chi connectivity index (χ0v) is 12.4.